The van der Waals surface area contributed by atoms with Crippen LogP contribution in [-0.4, -0.2) is 15.3 Å². The predicted molar refractivity (Wildman–Crippen MR) is 110 cm³/mol. The molecule has 29 heavy (non-hydrogen) atoms. The van der Waals surface area contributed by atoms with Crippen LogP contribution in [0.3, 0.4) is 0 Å². The van der Waals surface area contributed by atoms with Gasteiger partial charge in [0, 0.05) is 23.6 Å². The smallest absolute Gasteiger partial charge is 0.255 e. The Morgan fingerprint density at radius 1 is 1.10 bits per heavy atom. The average Bonchev–Trinajstić information content (AvgIpc) is 3.13. The van der Waals surface area contributed by atoms with Crippen LogP contribution in [-0.2, 0) is 6.61 Å². The average molecular weight is 389 g/mol. The molecule has 1 amide bonds. The molecule has 0 spiro atoms. The van der Waals surface area contributed by atoms with Crippen molar-refractivity contribution in [1.29, 1.82) is 0 Å². The maximum absolute atomic E-state index is 13.2. The van der Waals surface area contributed by atoms with Crippen LogP contribution >= 0.6 is 0 Å². The maximum Gasteiger partial charge on any atom is 0.255 e. The van der Waals surface area contributed by atoms with E-state index in [1.54, 1.807) is 37.3 Å². The molecule has 5 nitrogen and oxygen atoms in total. The van der Waals surface area contributed by atoms with Gasteiger partial charge in [-0.1, -0.05) is 6.07 Å². The van der Waals surface area contributed by atoms with Gasteiger partial charge in [0.25, 0.3) is 5.91 Å². The van der Waals surface area contributed by atoms with E-state index in [2.05, 4.69) is 10.3 Å². The maximum atomic E-state index is 13.2. The Morgan fingerprint density at radius 2 is 1.90 bits per heavy atom. The number of carbonyl (C=O) groups excluding carboxylic acids is 1. The van der Waals surface area contributed by atoms with E-state index in [0.29, 0.717) is 29.2 Å². The fourth-order valence-corrected chi connectivity index (χ4v) is 3.10. The first-order valence-corrected chi connectivity index (χ1v) is 9.23. The number of nitrogens with one attached hydrogen (secondary N) is 1. The summed E-state index contributed by atoms with van der Waals surface area (Å²) in [5.41, 5.74) is 4.58. The number of ether oxygens (including phenoxy) is 1. The molecule has 2 aromatic heterocycles. The van der Waals surface area contributed by atoms with Crippen molar-refractivity contribution in [2.45, 2.75) is 20.5 Å². The van der Waals surface area contributed by atoms with Gasteiger partial charge in [-0.25, -0.2) is 9.37 Å². The van der Waals surface area contributed by atoms with Crippen molar-refractivity contribution in [3.05, 3.63) is 95.2 Å². The normalized spacial score (nSPS) is 10.9. The summed E-state index contributed by atoms with van der Waals surface area (Å²) in [7, 11) is 0. The van der Waals surface area contributed by atoms with Gasteiger partial charge >= 0.3 is 0 Å². The number of nitrogens with zero attached hydrogens (tertiary/aromatic N) is 2. The summed E-state index contributed by atoms with van der Waals surface area (Å²) in [6.07, 6.45) is 3.89. The Labute approximate surface area is 167 Å². The van der Waals surface area contributed by atoms with Gasteiger partial charge in [-0.2, -0.15) is 0 Å². The first kappa shape index (κ1) is 18.7. The molecule has 2 aromatic carbocycles. The highest BCUT2D eigenvalue weighted by Gasteiger charge is 2.09. The van der Waals surface area contributed by atoms with Gasteiger partial charge < -0.3 is 14.5 Å². The number of imidazole rings is 1. The second kappa shape index (κ2) is 7.75. The molecule has 146 valence electrons. The van der Waals surface area contributed by atoms with E-state index in [1.165, 1.54) is 12.1 Å². The summed E-state index contributed by atoms with van der Waals surface area (Å²) in [5, 5.41) is 2.79. The largest absolute Gasteiger partial charge is 0.487 e. The number of fused-ring (bicyclic) bond motifs is 1. The molecule has 0 bridgehead atoms. The van der Waals surface area contributed by atoms with E-state index in [-0.39, 0.29) is 11.7 Å². The van der Waals surface area contributed by atoms with E-state index in [9.17, 15) is 9.18 Å². The van der Waals surface area contributed by atoms with Crippen LogP contribution in [0.4, 0.5) is 10.1 Å². The van der Waals surface area contributed by atoms with Crippen molar-refractivity contribution in [2.75, 3.05) is 5.32 Å². The highest BCUT2D eigenvalue weighted by Crippen LogP contribution is 2.19. The molecule has 0 aliphatic heterocycles. The monoisotopic (exact) mass is 389 g/mol. The number of hydrogen-bond acceptors (Lipinski definition) is 3. The van der Waals surface area contributed by atoms with E-state index in [1.807, 2.05) is 35.9 Å². The minimum Gasteiger partial charge on any atom is -0.487 e. The van der Waals surface area contributed by atoms with Gasteiger partial charge in [0.15, 0.2) is 0 Å². The molecule has 4 rings (SSSR count). The summed E-state index contributed by atoms with van der Waals surface area (Å²) in [6, 6.07) is 15.1. The van der Waals surface area contributed by atoms with E-state index >= 15 is 0 Å². The number of benzene rings is 2. The Kier molecular flexibility index (Phi) is 4.99. The van der Waals surface area contributed by atoms with Crippen LogP contribution in [0.15, 0.2) is 67.0 Å². The Hall–Kier alpha value is -3.67. The second-order valence-electron chi connectivity index (χ2n) is 6.88. The third kappa shape index (κ3) is 4.11. The number of pyridine rings is 1. The highest BCUT2D eigenvalue weighted by atomic mass is 19.1. The molecule has 0 saturated carbocycles. The third-order valence-corrected chi connectivity index (χ3v) is 4.67. The Balaban J connectivity index is 1.40. The molecular weight excluding hydrogens is 369 g/mol. The summed E-state index contributed by atoms with van der Waals surface area (Å²) < 4.78 is 21.0. The van der Waals surface area contributed by atoms with Gasteiger partial charge in [-0.05, 0) is 73.5 Å². The summed E-state index contributed by atoms with van der Waals surface area (Å²) in [5.74, 6) is 0.0538. The van der Waals surface area contributed by atoms with Crippen molar-refractivity contribution in [2.24, 2.45) is 0 Å². The summed E-state index contributed by atoms with van der Waals surface area (Å²) >= 11 is 0. The molecule has 4 aromatic rings. The van der Waals surface area contributed by atoms with Crippen LogP contribution in [0, 0.1) is 19.7 Å². The van der Waals surface area contributed by atoms with Crippen LogP contribution in [0.2, 0.25) is 0 Å². The van der Waals surface area contributed by atoms with E-state index in [4.69, 9.17) is 4.74 Å². The topological polar surface area (TPSA) is 55.6 Å². The number of carbonyl (C=O) groups is 1. The van der Waals surface area contributed by atoms with E-state index < -0.39 is 0 Å². The van der Waals surface area contributed by atoms with Gasteiger partial charge in [-0.3, -0.25) is 4.79 Å². The number of anilines is 1. The first-order valence-electron chi connectivity index (χ1n) is 9.23. The van der Waals surface area contributed by atoms with Crippen molar-refractivity contribution >= 4 is 17.2 Å². The SMILES string of the molecule is Cc1cc(F)ccc1NC(=O)c1ccc(OCc2cn3cccc(C)c3n2)cc1. The molecule has 0 aliphatic rings. The van der Waals surface area contributed by atoms with Gasteiger partial charge in [0.2, 0.25) is 0 Å². The van der Waals surface area contributed by atoms with Crippen LogP contribution in [0.5, 0.6) is 5.75 Å². The van der Waals surface area contributed by atoms with Crippen LogP contribution < -0.4 is 10.1 Å². The third-order valence-electron chi connectivity index (χ3n) is 4.67. The quantitative estimate of drug-likeness (QED) is 0.527. The van der Waals surface area contributed by atoms with Crippen LogP contribution in [0.25, 0.3) is 5.65 Å². The summed E-state index contributed by atoms with van der Waals surface area (Å²) in [4.78, 5) is 17.0. The minimum atomic E-state index is -0.331. The Bertz CT molecular complexity index is 1180. The standard InChI is InChI=1S/C23H20FN3O2/c1-15-4-3-11-27-13-19(25-22(15)27)14-29-20-8-5-17(6-9-20)23(28)26-21-10-7-18(24)12-16(21)2/h3-13H,14H2,1-2H3,(H,26,28). The Morgan fingerprint density at radius 3 is 2.62 bits per heavy atom. The molecule has 0 atom stereocenters. The number of aromatic nitrogens is 2. The molecule has 2 heterocycles. The molecule has 0 saturated heterocycles. The molecule has 6 heteroatoms. The molecule has 0 fully saturated rings. The lowest BCUT2D eigenvalue weighted by atomic mass is 10.1. The highest BCUT2D eigenvalue weighted by molar-refractivity contribution is 6.04. The van der Waals surface area contributed by atoms with E-state index in [0.717, 1.165) is 16.9 Å². The van der Waals surface area contributed by atoms with Gasteiger partial charge in [-0.15, -0.1) is 0 Å². The number of hydrogen-bond donors (Lipinski definition) is 1. The molecule has 1 N–H and O–H groups in total. The van der Waals surface area contributed by atoms with Crippen molar-refractivity contribution in [3.63, 3.8) is 0 Å². The first-order chi connectivity index (χ1) is 14.0. The lowest BCUT2D eigenvalue weighted by molar-refractivity contribution is 0.102. The number of rotatable bonds is 5. The minimum absolute atomic E-state index is 0.262. The van der Waals surface area contributed by atoms with Crippen molar-refractivity contribution in [3.8, 4) is 5.75 Å². The second-order valence-corrected chi connectivity index (χ2v) is 6.88. The zero-order valence-electron chi connectivity index (χ0n) is 16.1. The molecule has 0 radical (unpaired) electrons. The van der Waals surface area contributed by atoms with Gasteiger partial charge in [0.1, 0.15) is 23.8 Å². The summed E-state index contributed by atoms with van der Waals surface area (Å²) in [6.45, 7) is 4.10. The number of aryl methyl sites for hydroxylation is 2. The molecule has 0 aliphatic carbocycles. The molecular formula is C23H20FN3O2. The fourth-order valence-electron chi connectivity index (χ4n) is 3.10. The van der Waals surface area contributed by atoms with Crippen molar-refractivity contribution < 1.29 is 13.9 Å². The number of amides is 1. The fraction of sp³-hybridized carbons (Fsp3) is 0.130. The van der Waals surface area contributed by atoms with Gasteiger partial charge in [0.05, 0.1) is 5.69 Å². The molecule has 0 unspecified atom stereocenters. The predicted octanol–water partition coefficient (Wildman–Crippen LogP) is 4.92. The zero-order valence-corrected chi connectivity index (χ0v) is 16.1. The number of halogens is 1. The van der Waals surface area contributed by atoms with Crippen molar-refractivity contribution in [1.82, 2.24) is 9.38 Å². The lowest BCUT2D eigenvalue weighted by Gasteiger charge is -2.09. The lowest BCUT2D eigenvalue weighted by Crippen LogP contribution is -2.12. The zero-order chi connectivity index (χ0) is 20.4. The van der Waals surface area contributed by atoms with Crippen LogP contribution in [0.1, 0.15) is 27.2 Å².